The van der Waals surface area contributed by atoms with Crippen LogP contribution in [0.1, 0.15) is 21.5 Å². The standard InChI is InChI=1S/C15H13N3O6/c1-8-3-4-9(2)11(5-8)16-14-12(17(21)22)6-10(15(19)20)7-13(14)18(23)24/h3-7,16H,1-2H3,(H,19,20). The summed E-state index contributed by atoms with van der Waals surface area (Å²) in [5.41, 5.74) is -0.194. The normalized spacial score (nSPS) is 10.2. The summed E-state index contributed by atoms with van der Waals surface area (Å²) in [4.78, 5) is 31.9. The van der Waals surface area contributed by atoms with Gasteiger partial charge in [-0.25, -0.2) is 4.79 Å². The topological polar surface area (TPSA) is 136 Å². The second kappa shape index (κ2) is 6.32. The molecule has 2 aromatic rings. The lowest BCUT2D eigenvalue weighted by atomic mass is 10.1. The van der Waals surface area contributed by atoms with Gasteiger partial charge in [0.15, 0.2) is 5.69 Å². The molecule has 0 unspecified atom stereocenters. The summed E-state index contributed by atoms with van der Waals surface area (Å²) in [5, 5.41) is 34.2. The van der Waals surface area contributed by atoms with Crippen LogP contribution in [0.3, 0.4) is 0 Å². The van der Waals surface area contributed by atoms with E-state index in [-0.39, 0.29) is 5.69 Å². The van der Waals surface area contributed by atoms with Gasteiger partial charge in [0.2, 0.25) is 0 Å². The Hall–Kier alpha value is -3.49. The van der Waals surface area contributed by atoms with Crippen molar-refractivity contribution >= 4 is 28.7 Å². The van der Waals surface area contributed by atoms with Crippen molar-refractivity contribution < 1.29 is 19.7 Å². The van der Waals surface area contributed by atoms with Crippen molar-refractivity contribution in [2.24, 2.45) is 0 Å². The number of nitrogens with zero attached hydrogens (tertiary/aromatic N) is 2. The highest BCUT2D eigenvalue weighted by atomic mass is 16.6. The van der Waals surface area contributed by atoms with Crippen LogP contribution in [0.4, 0.5) is 22.7 Å². The summed E-state index contributed by atoms with van der Waals surface area (Å²) in [5.74, 6) is -1.49. The number of carboxylic acid groups (broad SMARTS) is 1. The molecule has 2 rings (SSSR count). The monoisotopic (exact) mass is 331 g/mol. The fraction of sp³-hybridized carbons (Fsp3) is 0.133. The molecule has 0 aliphatic heterocycles. The maximum Gasteiger partial charge on any atom is 0.336 e. The van der Waals surface area contributed by atoms with E-state index in [1.54, 1.807) is 26.0 Å². The number of carbonyl (C=O) groups is 1. The van der Waals surface area contributed by atoms with Gasteiger partial charge in [0.25, 0.3) is 0 Å². The third-order valence-electron chi connectivity index (χ3n) is 3.39. The zero-order valence-corrected chi connectivity index (χ0v) is 12.8. The Morgan fingerprint density at radius 1 is 1.04 bits per heavy atom. The number of carboxylic acids is 1. The van der Waals surface area contributed by atoms with Crippen molar-refractivity contribution in [1.29, 1.82) is 0 Å². The van der Waals surface area contributed by atoms with E-state index in [1.807, 2.05) is 6.07 Å². The molecule has 0 saturated carbocycles. The van der Waals surface area contributed by atoms with Crippen molar-refractivity contribution in [3.05, 3.63) is 67.3 Å². The van der Waals surface area contributed by atoms with Crippen LogP contribution in [0.15, 0.2) is 30.3 Å². The van der Waals surface area contributed by atoms with Gasteiger partial charge in [-0.2, -0.15) is 0 Å². The van der Waals surface area contributed by atoms with Crippen molar-refractivity contribution in [3.63, 3.8) is 0 Å². The van der Waals surface area contributed by atoms with Crippen molar-refractivity contribution in [2.45, 2.75) is 13.8 Å². The zero-order chi connectivity index (χ0) is 18.0. The van der Waals surface area contributed by atoms with Crippen molar-refractivity contribution in [1.82, 2.24) is 0 Å². The Kier molecular flexibility index (Phi) is 4.45. The van der Waals surface area contributed by atoms with Gasteiger partial charge in [0.1, 0.15) is 0 Å². The van der Waals surface area contributed by atoms with Crippen molar-refractivity contribution in [3.8, 4) is 0 Å². The zero-order valence-electron chi connectivity index (χ0n) is 12.8. The summed E-state index contributed by atoms with van der Waals surface area (Å²) < 4.78 is 0. The number of aryl methyl sites for hydroxylation is 2. The maximum atomic E-state index is 11.3. The predicted molar refractivity (Wildman–Crippen MR) is 85.9 cm³/mol. The van der Waals surface area contributed by atoms with Crippen LogP contribution < -0.4 is 5.32 Å². The minimum absolute atomic E-state index is 0.358. The molecule has 0 spiro atoms. The first-order valence-electron chi connectivity index (χ1n) is 6.75. The number of rotatable bonds is 5. The Labute approximate surface area is 135 Å². The molecular weight excluding hydrogens is 318 g/mol. The molecule has 0 radical (unpaired) electrons. The summed E-state index contributed by atoms with van der Waals surface area (Å²) in [6.45, 7) is 3.55. The third-order valence-corrected chi connectivity index (χ3v) is 3.39. The second-order valence-corrected chi connectivity index (χ2v) is 5.15. The van der Waals surface area contributed by atoms with Crippen LogP contribution in [0.5, 0.6) is 0 Å². The van der Waals surface area contributed by atoms with Gasteiger partial charge in [-0.15, -0.1) is 0 Å². The summed E-state index contributed by atoms with van der Waals surface area (Å²) >= 11 is 0. The van der Waals surface area contributed by atoms with Gasteiger partial charge >= 0.3 is 17.3 Å². The van der Waals surface area contributed by atoms with Crippen LogP contribution >= 0.6 is 0 Å². The van der Waals surface area contributed by atoms with E-state index in [4.69, 9.17) is 5.11 Å². The molecule has 24 heavy (non-hydrogen) atoms. The Morgan fingerprint density at radius 3 is 2.04 bits per heavy atom. The molecule has 0 atom stereocenters. The minimum atomic E-state index is -1.49. The molecule has 0 aromatic heterocycles. The van der Waals surface area contributed by atoms with E-state index in [2.05, 4.69) is 5.32 Å². The SMILES string of the molecule is Cc1ccc(C)c(Nc2c([N+](=O)[O-])cc(C(=O)O)cc2[N+](=O)[O-])c1. The van der Waals surface area contributed by atoms with Gasteiger partial charge in [-0.1, -0.05) is 12.1 Å². The minimum Gasteiger partial charge on any atom is -0.478 e. The molecular formula is C15H13N3O6. The van der Waals surface area contributed by atoms with Gasteiger partial charge in [0.05, 0.1) is 15.4 Å². The number of anilines is 2. The first-order valence-corrected chi connectivity index (χ1v) is 6.75. The van der Waals surface area contributed by atoms with E-state index in [1.165, 1.54) is 0 Å². The molecule has 0 bridgehead atoms. The molecule has 2 aromatic carbocycles. The van der Waals surface area contributed by atoms with E-state index in [0.29, 0.717) is 5.69 Å². The maximum absolute atomic E-state index is 11.3. The Balaban J connectivity index is 2.70. The first kappa shape index (κ1) is 16.9. The van der Waals surface area contributed by atoms with Gasteiger partial charge in [-0.05, 0) is 31.0 Å². The fourth-order valence-electron chi connectivity index (χ4n) is 2.16. The summed E-state index contributed by atoms with van der Waals surface area (Å²) in [6.07, 6.45) is 0. The lowest BCUT2D eigenvalue weighted by Crippen LogP contribution is -2.06. The number of hydrogen-bond acceptors (Lipinski definition) is 6. The average Bonchev–Trinajstić information content (AvgIpc) is 2.50. The van der Waals surface area contributed by atoms with Gasteiger partial charge in [0, 0.05) is 17.8 Å². The van der Waals surface area contributed by atoms with Gasteiger partial charge in [-0.3, -0.25) is 20.2 Å². The summed E-state index contributed by atoms with van der Waals surface area (Å²) in [6, 6.07) is 6.87. The number of nitro benzene ring substituents is 2. The van der Waals surface area contributed by atoms with E-state index in [9.17, 15) is 25.0 Å². The number of benzene rings is 2. The lowest BCUT2D eigenvalue weighted by molar-refractivity contribution is -0.392. The van der Waals surface area contributed by atoms with Crippen LogP contribution in [0.2, 0.25) is 0 Å². The molecule has 0 aliphatic carbocycles. The molecule has 9 heteroatoms. The number of nitro groups is 2. The highest BCUT2D eigenvalue weighted by Crippen LogP contribution is 2.38. The fourth-order valence-corrected chi connectivity index (χ4v) is 2.16. The molecule has 9 nitrogen and oxygen atoms in total. The average molecular weight is 331 g/mol. The second-order valence-electron chi connectivity index (χ2n) is 5.15. The van der Waals surface area contributed by atoms with Gasteiger partial charge < -0.3 is 10.4 Å². The molecule has 0 amide bonds. The molecule has 124 valence electrons. The van der Waals surface area contributed by atoms with Crippen LogP contribution in [0, 0.1) is 34.1 Å². The predicted octanol–water partition coefficient (Wildman–Crippen LogP) is 3.56. The molecule has 2 N–H and O–H groups in total. The molecule has 0 saturated heterocycles. The highest BCUT2D eigenvalue weighted by Gasteiger charge is 2.29. The van der Waals surface area contributed by atoms with Crippen LogP contribution in [-0.4, -0.2) is 20.9 Å². The van der Waals surface area contributed by atoms with E-state index >= 15 is 0 Å². The first-order chi connectivity index (χ1) is 11.2. The van der Waals surface area contributed by atoms with Crippen LogP contribution in [0.25, 0.3) is 0 Å². The highest BCUT2D eigenvalue weighted by molar-refractivity contribution is 5.93. The quantitative estimate of drug-likeness (QED) is 0.631. The number of hydrogen-bond donors (Lipinski definition) is 2. The Morgan fingerprint density at radius 2 is 1.58 bits per heavy atom. The molecule has 0 aliphatic rings. The Bertz CT molecular complexity index is 827. The summed E-state index contributed by atoms with van der Waals surface area (Å²) in [7, 11) is 0. The largest absolute Gasteiger partial charge is 0.478 e. The molecule has 0 fully saturated rings. The molecule has 0 heterocycles. The number of aromatic carboxylic acids is 1. The number of nitrogens with one attached hydrogen (secondary N) is 1. The lowest BCUT2D eigenvalue weighted by Gasteiger charge is -2.11. The third kappa shape index (κ3) is 3.29. The van der Waals surface area contributed by atoms with E-state index < -0.39 is 32.8 Å². The van der Waals surface area contributed by atoms with Crippen molar-refractivity contribution in [2.75, 3.05) is 5.32 Å². The smallest absolute Gasteiger partial charge is 0.336 e. The van der Waals surface area contributed by atoms with E-state index in [0.717, 1.165) is 23.3 Å². The van der Waals surface area contributed by atoms with Crippen LogP contribution in [-0.2, 0) is 0 Å².